The number of pyridine rings is 1. The standard InChI is InChI=1S/C13H13ClF3N5O/c1-7-9(14)8(3-4-18-7)20-12(23)21-10(13(15,16)17)11-19-5-6-22(11)2/h3-6,10H,1-2H3,(H2,18,20,21,23). The minimum atomic E-state index is -4.70. The molecule has 0 aromatic carbocycles. The highest BCUT2D eigenvalue weighted by molar-refractivity contribution is 6.34. The third-order valence-electron chi connectivity index (χ3n) is 3.03. The van der Waals surface area contributed by atoms with Crippen molar-refractivity contribution in [2.75, 3.05) is 5.32 Å². The first-order valence-corrected chi connectivity index (χ1v) is 6.80. The van der Waals surface area contributed by atoms with Crippen LogP contribution < -0.4 is 10.6 Å². The Hall–Kier alpha value is -2.29. The number of rotatable bonds is 3. The normalized spacial score (nSPS) is 12.8. The second-order valence-electron chi connectivity index (χ2n) is 4.73. The minimum Gasteiger partial charge on any atom is -0.336 e. The molecule has 0 bridgehead atoms. The monoisotopic (exact) mass is 347 g/mol. The van der Waals surface area contributed by atoms with Gasteiger partial charge in [0.2, 0.25) is 0 Å². The number of alkyl halides is 3. The number of halogens is 4. The Morgan fingerprint density at radius 3 is 2.61 bits per heavy atom. The maximum atomic E-state index is 13.2. The van der Waals surface area contributed by atoms with E-state index in [0.29, 0.717) is 5.69 Å². The molecule has 2 heterocycles. The summed E-state index contributed by atoms with van der Waals surface area (Å²) in [6.45, 7) is 1.61. The van der Waals surface area contributed by atoms with E-state index in [2.05, 4.69) is 15.3 Å². The predicted octanol–water partition coefficient (Wildman–Crippen LogP) is 3.20. The van der Waals surface area contributed by atoms with Gasteiger partial charge in [0, 0.05) is 25.6 Å². The van der Waals surface area contributed by atoms with Gasteiger partial charge in [-0.15, -0.1) is 0 Å². The van der Waals surface area contributed by atoms with Crippen LogP contribution in [-0.2, 0) is 7.05 Å². The van der Waals surface area contributed by atoms with Crippen molar-refractivity contribution in [1.82, 2.24) is 19.9 Å². The molecule has 2 aromatic heterocycles. The van der Waals surface area contributed by atoms with E-state index in [0.717, 1.165) is 0 Å². The molecule has 0 spiro atoms. The Kier molecular flexibility index (Phi) is 4.79. The van der Waals surface area contributed by atoms with Crippen molar-refractivity contribution in [2.45, 2.75) is 19.1 Å². The molecule has 0 aliphatic heterocycles. The van der Waals surface area contributed by atoms with Crippen LogP contribution >= 0.6 is 11.6 Å². The summed E-state index contributed by atoms with van der Waals surface area (Å²) >= 11 is 5.94. The van der Waals surface area contributed by atoms with E-state index < -0.39 is 18.2 Å². The van der Waals surface area contributed by atoms with Gasteiger partial charge in [0.25, 0.3) is 0 Å². The summed E-state index contributed by atoms with van der Waals surface area (Å²) in [6, 6.07) is -1.91. The van der Waals surface area contributed by atoms with Crippen molar-refractivity contribution in [3.05, 3.63) is 41.2 Å². The highest BCUT2D eigenvalue weighted by Gasteiger charge is 2.44. The first-order valence-electron chi connectivity index (χ1n) is 6.42. The molecule has 6 nitrogen and oxygen atoms in total. The lowest BCUT2D eigenvalue weighted by Gasteiger charge is -2.21. The van der Waals surface area contributed by atoms with E-state index in [1.165, 1.54) is 36.3 Å². The molecule has 0 saturated carbocycles. The largest absolute Gasteiger partial charge is 0.416 e. The molecule has 2 N–H and O–H groups in total. The number of hydrogen-bond acceptors (Lipinski definition) is 3. The van der Waals surface area contributed by atoms with E-state index in [9.17, 15) is 18.0 Å². The van der Waals surface area contributed by atoms with Crippen molar-refractivity contribution >= 4 is 23.3 Å². The number of nitrogens with zero attached hydrogens (tertiary/aromatic N) is 3. The smallest absolute Gasteiger partial charge is 0.336 e. The fourth-order valence-corrected chi connectivity index (χ4v) is 2.04. The van der Waals surface area contributed by atoms with Crippen LogP contribution in [0.25, 0.3) is 0 Å². The van der Waals surface area contributed by atoms with Gasteiger partial charge in [0.05, 0.1) is 16.4 Å². The molecule has 0 saturated heterocycles. The number of nitrogens with one attached hydrogen (secondary N) is 2. The van der Waals surface area contributed by atoms with E-state index in [1.807, 2.05) is 5.32 Å². The molecular formula is C13H13ClF3N5O. The Morgan fingerprint density at radius 1 is 1.35 bits per heavy atom. The van der Waals surface area contributed by atoms with Crippen LogP contribution in [0.15, 0.2) is 24.7 Å². The van der Waals surface area contributed by atoms with Crippen LogP contribution in [0.2, 0.25) is 5.02 Å². The number of aromatic nitrogens is 3. The van der Waals surface area contributed by atoms with E-state index in [-0.39, 0.29) is 16.5 Å². The van der Waals surface area contributed by atoms with Crippen molar-refractivity contribution in [3.8, 4) is 0 Å². The van der Waals surface area contributed by atoms with E-state index in [1.54, 1.807) is 6.92 Å². The second kappa shape index (κ2) is 6.45. The third kappa shape index (κ3) is 3.92. The van der Waals surface area contributed by atoms with Gasteiger partial charge in [0.15, 0.2) is 6.04 Å². The summed E-state index contributed by atoms with van der Waals surface area (Å²) in [5.41, 5.74) is 0.610. The number of amides is 2. The molecule has 1 unspecified atom stereocenters. The molecule has 1 atom stereocenters. The van der Waals surface area contributed by atoms with Crippen LogP contribution in [0.1, 0.15) is 17.6 Å². The molecule has 2 rings (SSSR count). The maximum absolute atomic E-state index is 13.2. The zero-order chi connectivity index (χ0) is 17.2. The molecule has 0 radical (unpaired) electrons. The number of carbonyl (C=O) groups is 1. The third-order valence-corrected chi connectivity index (χ3v) is 3.51. The molecule has 0 aliphatic carbocycles. The van der Waals surface area contributed by atoms with Gasteiger partial charge >= 0.3 is 12.2 Å². The highest BCUT2D eigenvalue weighted by Crippen LogP contribution is 2.32. The van der Waals surface area contributed by atoms with Crippen LogP contribution in [0.4, 0.5) is 23.7 Å². The van der Waals surface area contributed by atoms with E-state index >= 15 is 0 Å². The Labute approximate surface area is 134 Å². The lowest BCUT2D eigenvalue weighted by atomic mass is 10.2. The summed E-state index contributed by atoms with van der Waals surface area (Å²) in [5, 5.41) is 4.29. The average Bonchev–Trinajstić information content (AvgIpc) is 2.86. The van der Waals surface area contributed by atoms with Gasteiger partial charge in [-0.3, -0.25) is 4.98 Å². The Morgan fingerprint density at radius 2 is 2.04 bits per heavy atom. The lowest BCUT2D eigenvalue weighted by molar-refractivity contribution is -0.156. The van der Waals surface area contributed by atoms with Crippen LogP contribution in [0.3, 0.4) is 0 Å². The first kappa shape index (κ1) is 17.1. The molecule has 2 amide bonds. The molecule has 0 aliphatic rings. The number of imidazole rings is 1. The number of carbonyl (C=O) groups excluding carboxylic acids is 1. The second-order valence-corrected chi connectivity index (χ2v) is 5.11. The van der Waals surface area contributed by atoms with Crippen molar-refractivity contribution < 1.29 is 18.0 Å². The number of anilines is 1. The fraction of sp³-hybridized carbons (Fsp3) is 0.308. The highest BCUT2D eigenvalue weighted by atomic mass is 35.5. The fourth-order valence-electron chi connectivity index (χ4n) is 1.88. The average molecular weight is 348 g/mol. The molecule has 23 heavy (non-hydrogen) atoms. The van der Waals surface area contributed by atoms with E-state index in [4.69, 9.17) is 11.6 Å². The van der Waals surface area contributed by atoms with Crippen LogP contribution in [0.5, 0.6) is 0 Å². The van der Waals surface area contributed by atoms with Crippen molar-refractivity contribution in [2.24, 2.45) is 7.05 Å². The minimum absolute atomic E-state index is 0.156. The topological polar surface area (TPSA) is 71.8 Å². The molecular weight excluding hydrogens is 335 g/mol. The van der Waals surface area contributed by atoms with Gasteiger partial charge in [-0.2, -0.15) is 13.2 Å². The maximum Gasteiger partial charge on any atom is 0.416 e. The summed E-state index contributed by atoms with van der Waals surface area (Å²) in [5.74, 6) is -0.329. The zero-order valence-corrected chi connectivity index (χ0v) is 12.9. The predicted molar refractivity (Wildman–Crippen MR) is 78.1 cm³/mol. The Balaban J connectivity index is 2.19. The molecule has 124 valence electrons. The number of urea groups is 1. The summed E-state index contributed by atoms with van der Waals surface area (Å²) in [4.78, 5) is 19.4. The Bertz CT molecular complexity index is 716. The molecule has 2 aromatic rings. The molecule has 10 heteroatoms. The van der Waals surface area contributed by atoms with Crippen LogP contribution in [0, 0.1) is 6.92 Å². The summed E-state index contributed by atoms with van der Waals surface area (Å²) in [7, 11) is 1.41. The molecule has 0 fully saturated rings. The number of hydrogen-bond donors (Lipinski definition) is 2. The van der Waals surface area contributed by atoms with Crippen LogP contribution in [-0.4, -0.2) is 26.7 Å². The van der Waals surface area contributed by atoms with Gasteiger partial charge < -0.3 is 15.2 Å². The SMILES string of the molecule is Cc1nccc(NC(=O)NC(c2nccn2C)C(F)(F)F)c1Cl. The van der Waals surface area contributed by atoms with Gasteiger partial charge in [-0.1, -0.05) is 11.6 Å². The number of aryl methyl sites for hydroxylation is 2. The zero-order valence-electron chi connectivity index (χ0n) is 12.1. The van der Waals surface area contributed by atoms with Crippen molar-refractivity contribution in [3.63, 3.8) is 0 Å². The van der Waals surface area contributed by atoms with Gasteiger partial charge in [-0.05, 0) is 13.0 Å². The quantitative estimate of drug-likeness (QED) is 0.895. The first-order chi connectivity index (χ1) is 10.7. The summed E-state index contributed by atoms with van der Waals surface area (Å²) in [6.07, 6.45) is -0.737. The van der Waals surface area contributed by atoms with Gasteiger partial charge in [-0.25, -0.2) is 9.78 Å². The lowest BCUT2D eigenvalue weighted by Crippen LogP contribution is -2.41. The van der Waals surface area contributed by atoms with Gasteiger partial charge in [0.1, 0.15) is 5.82 Å². The summed E-state index contributed by atoms with van der Waals surface area (Å²) < 4.78 is 40.7. The van der Waals surface area contributed by atoms with Crippen molar-refractivity contribution in [1.29, 1.82) is 0 Å².